The van der Waals surface area contributed by atoms with E-state index in [2.05, 4.69) is 5.32 Å². The van der Waals surface area contributed by atoms with E-state index in [1.165, 1.54) is 0 Å². The maximum absolute atomic E-state index is 12.0. The van der Waals surface area contributed by atoms with Gasteiger partial charge in [-0.3, -0.25) is 9.59 Å². The Bertz CT molecular complexity index is 463. The van der Waals surface area contributed by atoms with E-state index in [4.69, 9.17) is 9.52 Å². The van der Waals surface area contributed by atoms with Gasteiger partial charge in [-0.1, -0.05) is 13.8 Å². The molecule has 1 aliphatic rings. The third kappa shape index (κ3) is 2.00. The Morgan fingerprint density at radius 2 is 2.11 bits per heavy atom. The van der Waals surface area contributed by atoms with Gasteiger partial charge in [-0.2, -0.15) is 0 Å². The zero-order chi connectivity index (χ0) is 13.5. The van der Waals surface area contributed by atoms with Gasteiger partial charge in [0.25, 0.3) is 0 Å². The van der Waals surface area contributed by atoms with Gasteiger partial charge in [-0.15, -0.1) is 0 Å². The summed E-state index contributed by atoms with van der Waals surface area (Å²) in [7, 11) is 0. The summed E-state index contributed by atoms with van der Waals surface area (Å²) in [5.74, 6) is -1.54. The molecule has 0 saturated heterocycles. The normalized spacial score (nSPS) is 26.4. The van der Waals surface area contributed by atoms with Crippen molar-refractivity contribution in [1.29, 1.82) is 0 Å². The number of furan rings is 1. The monoisotopic (exact) mass is 251 g/mol. The van der Waals surface area contributed by atoms with E-state index in [9.17, 15) is 9.59 Å². The lowest BCUT2D eigenvalue weighted by Gasteiger charge is -2.11. The largest absolute Gasteiger partial charge is 0.481 e. The first-order chi connectivity index (χ1) is 8.35. The summed E-state index contributed by atoms with van der Waals surface area (Å²) in [6.07, 6.45) is 1.54. The molecule has 1 aromatic rings. The van der Waals surface area contributed by atoms with E-state index in [0.717, 1.165) is 0 Å². The predicted molar refractivity (Wildman–Crippen MR) is 63.7 cm³/mol. The number of carbonyl (C=O) groups excluding carboxylic acids is 1. The minimum absolute atomic E-state index is 0.226. The number of rotatable bonds is 4. The van der Waals surface area contributed by atoms with E-state index >= 15 is 0 Å². The number of hydrogen-bond donors (Lipinski definition) is 2. The molecule has 0 aromatic carbocycles. The fourth-order valence-electron chi connectivity index (χ4n) is 2.50. The Kier molecular flexibility index (Phi) is 2.92. The Labute approximate surface area is 105 Å². The molecule has 0 bridgehead atoms. The van der Waals surface area contributed by atoms with Gasteiger partial charge in [-0.05, 0) is 24.5 Å². The Hall–Kier alpha value is -1.78. The van der Waals surface area contributed by atoms with E-state index in [0.29, 0.717) is 5.76 Å². The molecule has 1 aromatic heterocycles. The topological polar surface area (TPSA) is 79.5 Å². The molecule has 3 atom stereocenters. The molecule has 18 heavy (non-hydrogen) atoms. The van der Waals surface area contributed by atoms with Gasteiger partial charge in [0.05, 0.1) is 24.1 Å². The van der Waals surface area contributed by atoms with Crippen molar-refractivity contribution in [2.24, 2.45) is 17.3 Å². The first-order valence-corrected chi connectivity index (χ1v) is 5.92. The predicted octanol–water partition coefficient (Wildman–Crippen LogP) is 1.81. The fourth-order valence-corrected chi connectivity index (χ4v) is 2.50. The highest BCUT2D eigenvalue weighted by Gasteiger charge is 2.65. The molecule has 2 unspecified atom stereocenters. The Morgan fingerprint density at radius 1 is 1.44 bits per heavy atom. The molecular weight excluding hydrogens is 234 g/mol. The van der Waals surface area contributed by atoms with Crippen LogP contribution in [0.1, 0.15) is 32.6 Å². The summed E-state index contributed by atoms with van der Waals surface area (Å²) in [4.78, 5) is 23.0. The van der Waals surface area contributed by atoms with Crippen LogP contribution in [0.2, 0.25) is 0 Å². The average molecular weight is 251 g/mol. The van der Waals surface area contributed by atoms with Crippen LogP contribution in [0.15, 0.2) is 22.8 Å². The second-order valence-electron chi connectivity index (χ2n) is 5.36. The summed E-state index contributed by atoms with van der Waals surface area (Å²) in [5.41, 5.74) is -0.473. The summed E-state index contributed by atoms with van der Waals surface area (Å²) < 4.78 is 5.19. The van der Waals surface area contributed by atoms with Crippen LogP contribution >= 0.6 is 0 Å². The number of carbonyl (C=O) groups is 2. The van der Waals surface area contributed by atoms with Crippen molar-refractivity contribution in [2.75, 3.05) is 0 Å². The molecule has 0 spiro atoms. The molecule has 2 N–H and O–H groups in total. The minimum atomic E-state index is -0.911. The number of carboxylic acids is 1. The molecule has 5 nitrogen and oxygen atoms in total. The van der Waals surface area contributed by atoms with E-state index in [1.807, 2.05) is 6.92 Å². The summed E-state index contributed by atoms with van der Waals surface area (Å²) in [6.45, 7) is 5.41. The fraction of sp³-hybridized carbons (Fsp3) is 0.538. The minimum Gasteiger partial charge on any atom is -0.481 e. The molecule has 2 rings (SSSR count). The van der Waals surface area contributed by atoms with Crippen LogP contribution < -0.4 is 5.32 Å². The van der Waals surface area contributed by atoms with Crippen LogP contribution in [0, 0.1) is 17.3 Å². The van der Waals surface area contributed by atoms with Gasteiger partial charge in [0.15, 0.2) is 0 Å². The third-order valence-corrected chi connectivity index (χ3v) is 3.70. The summed E-state index contributed by atoms with van der Waals surface area (Å²) in [5, 5.41) is 11.8. The van der Waals surface area contributed by atoms with Gasteiger partial charge in [-0.25, -0.2) is 0 Å². The number of nitrogens with one attached hydrogen (secondary N) is 1. The van der Waals surface area contributed by atoms with Crippen LogP contribution in [0.3, 0.4) is 0 Å². The lowest BCUT2D eigenvalue weighted by atomic mass is 10.1. The maximum atomic E-state index is 12.0. The van der Waals surface area contributed by atoms with Crippen molar-refractivity contribution in [3.8, 4) is 0 Å². The van der Waals surface area contributed by atoms with Gasteiger partial charge in [0.2, 0.25) is 5.91 Å². The van der Waals surface area contributed by atoms with Crippen molar-refractivity contribution >= 4 is 11.9 Å². The van der Waals surface area contributed by atoms with Gasteiger partial charge in [0, 0.05) is 0 Å². The zero-order valence-electron chi connectivity index (χ0n) is 10.6. The standard InChI is InChI=1S/C13H17NO4/c1-7(8-5-4-6-18-8)14-11(15)9-10(12(16)17)13(9,2)3/h4-7,9-10H,1-3H3,(H,14,15)(H,16,17)/t7-,9?,10?/m0/s1. The van der Waals surface area contributed by atoms with Gasteiger partial charge >= 0.3 is 5.97 Å². The van der Waals surface area contributed by atoms with Crippen LogP contribution in [0.5, 0.6) is 0 Å². The molecular formula is C13H17NO4. The van der Waals surface area contributed by atoms with E-state index < -0.39 is 23.2 Å². The van der Waals surface area contributed by atoms with E-state index in [1.54, 1.807) is 32.2 Å². The molecule has 1 heterocycles. The highest BCUT2D eigenvalue weighted by atomic mass is 16.4. The number of hydrogen-bond acceptors (Lipinski definition) is 3. The quantitative estimate of drug-likeness (QED) is 0.855. The lowest BCUT2D eigenvalue weighted by Crippen LogP contribution is -2.29. The maximum Gasteiger partial charge on any atom is 0.307 e. The number of amides is 1. The van der Waals surface area contributed by atoms with Crippen molar-refractivity contribution in [3.05, 3.63) is 24.2 Å². The van der Waals surface area contributed by atoms with Crippen LogP contribution in [0.25, 0.3) is 0 Å². The molecule has 1 saturated carbocycles. The number of aliphatic carboxylic acids is 1. The second kappa shape index (κ2) is 4.15. The summed E-state index contributed by atoms with van der Waals surface area (Å²) in [6, 6.07) is 3.27. The van der Waals surface area contributed by atoms with Crippen molar-refractivity contribution in [3.63, 3.8) is 0 Å². The number of carboxylic acid groups (broad SMARTS) is 1. The third-order valence-electron chi connectivity index (χ3n) is 3.70. The zero-order valence-corrected chi connectivity index (χ0v) is 10.6. The molecule has 0 aliphatic heterocycles. The Morgan fingerprint density at radius 3 is 2.56 bits per heavy atom. The highest BCUT2D eigenvalue weighted by molar-refractivity contribution is 5.91. The smallest absolute Gasteiger partial charge is 0.307 e. The van der Waals surface area contributed by atoms with Gasteiger partial charge < -0.3 is 14.8 Å². The van der Waals surface area contributed by atoms with Crippen LogP contribution in [-0.2, 0) is 9.59 Å². The van der Waals surface area contributed by atoms with Crippen molar-refractivity contribution in [2.45, 2.75) is 26.8 Å². The summed E-state index contributed by atoms with van der Waals surface area (Å²) >= 11 is 0. The molecule has 5 heteroatoms. The molecule has 1 aliphatic carbocycles. The van der Waals surface area contributed by atoms with E-state index in [-0.39, 0.29) is 11.9 Å². The van der Waals surface area contributed by atoms with Crippen molar-refractivity contribution in [1.82, 2.24) is 5.32 Å². The average Bonchev–Trinajstić information content (AvgIpc) is 2.67. The Balaban J connectivity index is 2.00. The van der Waals surface area contributed by atoms with Crippen LogP contribution in [0.4, 0.5) is 0 Å². The molecule has 1 fully saturated rings. The molecule has 1 amide bonds. The first-order valence-electron chi connectivity index (χ1n) is 5.92. The molecule has 98 valence electrons. The lowest BCUT2D eigenvalue weighted by molar-refractivity contribution is -0.140. The molecule has 0 radical (unpaired) electrons. The second-order valence-corrected chi connectivity index (χ2v) is 5.36. The van der Waals surface area contributed by atoms with Crippen LogP contribution in [-0.4, -0.2) is 17.0 Å². The van der Waals surface area contributed by atoms with Gasteiger partial charge in [0.1, 0.15) is 5.76 Å². The van der Waals surface area contributed by atoms with Crippen molar-refractivity contribution < 1.29 is 19.1 Å². The highest BCUT2D eigenvalue weighted by Crippen LogP contribution is 2.58. The first kappa shape index (κ1) is 12.7. The SMILES string of the molecule is C[C@H](NC(=O)C1C(C(=O)O)C1(C)C)c1ccco1.